The zero-order valence-corrected chi connectivity index (χ0v) is 18.0. The van der Waals surface area contributed by atoms with Crippen LogP contribution < -0.4 is 5.32 Å². The summed E-state index contributed by atoms with van der Waals surface area (Å²) in [6.45, 7) is 10.9. The lowest BCUT2D eigenvalue weighted by atomic mass is 9.94. The molecular weight excluding hydrogens is 386 g/mol. The summed E-state index contributed by atoms with van der Waals surface area (Å²) in [6.07, 6.45) is 3.10. The van der Waals surface area contributed by atoms with E-state index in [9.17, 15) is 13.2 Å². The van der Waals surface area contributed by atoms with Crippen molar-refractivity contribution in [2.45, 2.75) is 56.1 Å². The first kappa shape index (κ1) is 21.2. The van der Waals surface area contributed by atoms with Crippen LogP contribution in [0, 0.1) is 0 Å². The Labute approximate surface area is 172 Å². The molecule has 3 rings (SSSR count). The number of pyridine rings is 1. The lowest BCUT2D eigenvalue weighted by molar-refractivity contribution is -0.117. The number of amides is 1. The molecule has 154 valence electrons. The molecule has 0 radical (unpaired) electrons. The third kappa shape index (κ3) is 3.84. The van der Waals surface area contributed by atoms with Crippen molar-refractivity contribution in [1.29, 1.82) is 0 Å². The highest BCUT2D eigenvalue weighted by Gasteiger charge is 2.57. The lowest BCUT2D eigenvalue weighted by Crippen LogP contribution is -2.56. The first-order valence-corrected chi connectivity index (χ1v) is 10.9. The number of carbonyl (C=O) groups excluding carboxylic acids is 1. The van der Waals surface area contributed by atoms with Crippen molar-refractivity contribution in [3.63, 3.8) is 0 Å². The fraction of sp³-hybridized carbons (Fsp3) is 0.364. The third-order valence-corrected chi connectivity index (χ3v) is 7.76. The molecule has 1 saturated heterocycles. The van der Waals surface area contributed by atoms with E-state index in [0.717, 1.165) is 5.56 Å². The van der Waals surface area contributed by atoms with Crippen LogP contribution in [-0.2, 0) is 14.8 Å². The lowest BCUT2D eigenvalue weighted by Gasteiger charge is -2.40. The van der Waals surface area contributed by atoms with Gasteiger partial charge < -0.3 is 5.32 Å². The molecule has 1 amide bonds. The van der Waals surface area contributed by atoms with Gasteiger partial charge in [-0.25, -0.2) is 8.42 Å². The van der Waals surface area contributed by atoms with Crippen LogP contribution in [0.15, 0.2) is 66.2 Å². The normalized spacial score (nSPS) is 20.9. The predicted octanol–water partition coefficient (Wildman–Crippen LogP) is 3.37. The van der Waals surface area contributed by atoms with Gasteiger partial charge in [0.2, 0.25) is 15.9 Å². The topological polar surface area (TPSA) is 79.4 Å². The highest BCUT2D eigenvalue weighted by Crippen LogP contribution is 2.44. The minimum atomic E-state index is -3.83. The Morgan fingerprint density at radius 1 is 1.17 bits per heavy atom. The van der Waals surface area contributed by atoms with Gasteiger partial charge in [0.05, 0.1) is 11.2 Å². The molecule has 1 unspecified atom stereocenters. The maximum absolute atomic E-state index is 13.6. The summed E-state index contributed by atoms with van der Waals surface area (Å²) in [6, 6.07) is 12.6. The Kier molecular flexibility index (Phi) is 5.40. The van der Waals surface area contributed by atoms with E-state index in [1.54, 1.807) is 12.1 Å². The maximum atomic E-state index is 13.6. The fourth-order valence-corrected chi connectivity index (χ4v) is 6.37. The average molecular weight is 414 g/mol. The summed E-state index contributed by atoms with van der Waals surface area (Å²) in [5.74, 6) is -0.313. The molecule has 0 bridgehead atoms. The van der Waals surface area contributed by atoms with Crippen LogP contribution >= 0.6 is 0 Å². The fourth-order valence-electron chi connectivity index (χ4n) is 4.27. The van der Waals surface area contributed by atoms with Gasteiger partial charge in [0.25, 0.3) is 0 Å². The number of benzene rings is 1. The highest BCUT2D eigenvalue weighted by atomic mass is 32.2. The van der Waals surface area contributed by atoms with Gasteiger partial charge in [-0.3, -0.25) is 9.78 Å². The largest absolute Gasteiger partial charge is 0.348 e. The SMILES string of the molecule is C=CC(=O)NC1CC(C)(C)N(S(=O)(=O)c2ccc(-c3ccccc3)nc2)C1(C)C. The summed E-state index contributed by atoms with van der Waals surface area (Å²) in [5, 5.41) is 2.88. The molecule has 1 atom stereocenters. The van der Waals surface area contributed by atoms with Crippen molar-refractivity contribution in [2.24, 2.45) is 0 Å². The maximum Gasteiger partial charge on any atom is 0.245 e. The van der Waals surface area contributed by atoms with Crippen LogP contribution in [0.3, 0.4) is 0 Å². The molecule has 1 N–H and O–H groups in total. The van der Waals surface area contributed by atoms with Gasteiger partial charge >= 0.3 is 0 Å². The van der Waals surface area contributed by atoms with E-state index < -0.39 is 21.1 Å². The van der Waals surface area contributed by atoms with Gasteiger partial charge in [-0.05, 0) is 52.3 Å². The van der Waals surface area contributed by atoms with Crippen LogP contribution in [-0.4, -0.2) is 40.7 Å². The van der Waals surface area contributed by atoms with E-state index in [1.807, 2.05) is 58.0 Å². The number of hydrogen-bond donors (Lipinski definition) is 1. The number of nitrogens with one attached hydrogen (secondary N) is 1. The molecule has 29 heavy (non-hydrogen) atoms. The number of nitrogens with zero attached hydrogens (tertiary/aromatic N) is 2. The Morgan fingerprint density at radius 3 is 2.38 bits per heavy atom. The van der Waals surface area contributed by atoms with E-state index in [1.165, 1.54) is 16.6 Å². The standard InChI is InChI=1S/C22H27N3O3S/c1-6-20(26)24-19-14-21(2,3)25(22(19,4)5)29(27,28)17-12-13-18(23-15-17)16-10-8-7-9-11-16/h6-13,15,19H,1,14H2,2-5H3,(H,24,26). The van der Waals surface area contributed by atoms with Gasteiger partial charge in [-0.15, -0.1) is 0 Å². The Hall–Kier alpha value is -2.51. The Morgan fingerprint density at radius 2 is 1.83 bits per heavy atom. The third-order valence-electron chi connectivity index (χ3n) is 5.48. The summed E-state index contributed by atoms with van der Waals surface area (Å²) >= 11 is 0. The molecule has 2 heterocycles. The van der Waals surface area contributed by atoms with Crippen LogP contribution in [0.2, 0.25) is 0 Å². The number of rotatable bonds is 5. The van der Waals surface area contributed by atoms with Crippen molar-refractivity contribution in [1.82, 2.24) is 14.6 Å². The summed E-state index contributed by atoms with van der Waals surface area (Å²) < 4.78 is 28.6. The first-order chi connectivity index (χ1) is 13.5. The highest BCUT2D eigenvalue weighted by molar-refractivity contribution is 7.89. The van der Waals surface area contributed by atoms with Crippen LogP contribution in [0.5, 0.6) is 0 Å². The second-order valence-electron chi connectivity index (χ2n) is 8.45. The van der Waals surface area contributed by atoms with Gasteiger partial charge in [0, 0.05) is 23.3 Å². The van der Waals surface area contributed by atoms with Gasteiger partial charge in [0.15, 0.2) is 0 Å². The van der Waals surface area contributed by atoms with Crippen molar-refractivity contribution in [2.75, 3.05) is 0 Å². The van der Waals surface area contributed by atoms with Crippen LogP contribution in [0.25, 0.3) is 11.3 Å². The van der Waals surface area contributed by atoms with E-state index >= 15 is 0 Å². The molecule has 7 heteroatoms. The number of carbonyl (C=O) groups is 1. The van der Waals surface area contributed by atoms with Crippen LogP contribution in [0.4, 0.5) is 0 Å². The molecule has 2 aromatic rings. The minimum Gasteiger partial charge on any atom is -0.348 e. The zero-order chi connectivity index (χ0) is 21.4. The quantitative estimate of drug-likeness (QED) is 0.762. The first-order valence-electron chi connectivity index (χ1n) is 9.50. The summed E-state index contributed by atoms with van der Waals surface area (Å²) in [5.41, 5.74) is 0.129. The molecule has 1 fully saturated rings. The Balaban J connectivity index is 1.97. The van der Waals surface area contributed by atoms with Crippen molar-refractivity contribution >= 4 is 15.9 Å². The monoisotopic (exact) mass is 413 g/mol. The summed E-state index contributed by atoms with van der Waals surface area (Å²) in [7, 11) is -3.83. The molecule has 0 spiro atoms. The minimum absolute atomic E-state index is 0.133. The van der Waals surface area contributed by atoms with E-state index in [4.69, 9.17) is 0 Å². The van der Waals surface area contributed by atoms with E-state index in [2.05, 4.69) is 16.9 Å². The number of sulfonamides is 1. The second kappa shape index (κ2) is 7.39. The van der Waals surface area contributed by atoms with Crippen LogP contribution in [0.1, 0.15) is 34.1 Å². The molecule has 1 aromatic heterocycles. The molecule has 0 saturated carbocycles. The molecule has 1 aromatic carbocycles. The zero-order valence-electron chi connectivity index (χ0n) is 17.2. The van der Waals surface area contributed by atoms with Gasteiger partial charge in [-0.1, -0.05) is 36.9 Å². The second-order valence-corrected chi connectivity index (χ2v) is 10.2. The van der Waals surface area contributed by atoms with Gasteiger partial charge in [0.1, 0.15) is 4.90 Å². The number of hydrogen-bond acceptors (Lipinski definition) is 4. The molecule has 0 aliphatic carbocycles. The van der Waals surface area contributed by atoms with E-state index in [-0.39, 0.29) is 16.8 Å². The smallest absolute Gasteiger partial charge is 0.245 e. The Bertz CT molecular complexity index is 1010. The molecule has 1 aliphatic heterocycles. The van der Waals surface area contributed by atoms with Gasteiger partial charge in [-0.2, -0.15) is 4.31 Å². The molecular formula is C22H27N3O3S. The number of aromatic nitrogens is 1. The van der Waals surface area contributed by atoms with Crippen molar-refractivity contribution in [3.05, 3.63) is 61.3 Å². The average Bonchev–Trinajstić information content (AvgIpc) is 2.86. The molecule has 6 nitrogen and oxygen atoms in total. The summed E-state index contributed by atoms with van der Waals surface area (Å²) in [4.78, 5) is 16.4. The predicted molar refractivity (Wildman–Crippen MR) is 114 cm³/mol. The van der Waals surface area contributed by atoms with E-state index in [0.29, 0.717) is 12.1 Å². The van der Waals surface area contributed by atoms with Crippen molar-refractivity contribution in [3.8, 4) is 11.3 Å². The van der Waals surface area contributed by atoms with Crippen molar-refractivity contribution < 1.29 is 13.2 Å². The molecule has 1 aliphatic rings.